The third-order valence-electron chi connectivity index (χ3n) is 3.59. The first-order valence-electron chi connectivity index (χ1n) is 6.20. The van der Waals surface area contributed by atoms with Crippen molar-refractivity contribution in [3.05, 3.63) is 22.8 Å². The second-order valence-electron chi connectivity index (χ2n) is 4.79. The summed E-state index contributed by atoms with van der Waals surface area (Å²) in [5.41, 5.74) is 0.0826. The SMILES string of the molecule is COC1CN(c2nccc(C(=O)O)c2Cl)CCC1C. The molecule has 1 N–H and O–H groups in total. The molecule has 0 radical (unpaired) electrons. The highest BCUT2D eigenvalue weighted by molar-refractivity contribution is 6.35. The fraction of sp³-hybridized carbons (Fsp3) is 0.538. The lowest BCUT2D eigenvalue weighted by Gasteiger charge is -2.37. The second kappa shape index (κ2) is 5.75. The normalized spacial score (nSPS) is 23.4. The molecule has 0 bridgehead atoms. The fourth-order valence-electron chi connectivity index (χ4n) is 2.35. The van der Waals surface area contributed by atoms with Crippen molar-refractivity contribution in [2.75, 3.05) is 25.1 Å². The summed E-state index contributed by atoms with van der Waals surface area (Å²) in [6.45, 7) is 3.62. The molecule has 2 heterocycles. The number of carboxylic acids is 1. The van der Waals surface area contributed by atoms with Crippen molar-refractivity contribution in [2.45, 2.75) is 19.4 Å². The van der Waals surface area contributed by atoms with Crippen molar-refractivity contribution in [1.29, 1.82) is 0 Å². The second-order valence-corrected chi connectivity index (χ2v) is 5.17. The summed E-state index contributed by atoms with van der Waals surface area (Å²) in [5, 5.41) is 9.27. The standard InChI is InChI=1S/C13H17ClN2O3/c1-8-4-6-16(7-10(8)19-2)12-11(14)9(13(17)18)3-5-15-12/h3,5,8,10H,4,6-7H2,1-2H3,(H,17,18). The van der Waals surface area contributed by atoms with E-state index in [1.165, 1.54) is 12.3 Å². The lowest BCUT2D eigenvalue weighted by molar-refractivity contribution is 0.0496. The van der Waals surface area contributed by atoms with Crippen molar-refractivity contribution in [3.63, 3.8) is 0 Å². The third kappa shape index (κ3) is 2.82. The molecule has 2 unspecified atom stereocenters. The fourth-order valence-corrected chi connectivity index (χ4v) is 2.66. The van der Waals surface area contributed by atoms with Crippen LogP contribution in [0.1, 0.15) is 23.7 Å². The number of hydrogen-bond acceptors (Lipinski definition) is 4. The number of carbonyl (C=O) groups is 1. The van der Waals surface area contributed by atoms with E-state index in [-0.39, 0.29) is 16.7 Å². The molecule has 2 rings (SSSR count). The van der Waals surface area contributed by atoms with Crippen LogP contribution in [0.25, 0.3) is 0 Å². The Morgan fingerprint density at radius 3 is 3.00 bits per heavy atom. The van der Waals surface area contributed by atoms with Crippen LogP contribution in [0.2, 0.25) is 5.02 Å². The van der Waals surface area contributed by atoms with E-state index in [9.17, 15) is 4.79 Å². The van der Waals surface area contributed by atoms with Gasteiger partial charge in [-0.1, -0.05) is 18.5 Å². The summed E-state index contributed by atoms with van der Waals surface area (Å²) < 4.78 is 5.44. The van der Waals surface area contributed by atoms with Gasteiger partial charge in [0.1, 0.15) is 5.82 Å². The number of nitrogens with zero attached hydrogens (tertiary/aromatic N) is 2. The minimum Gasteiger partial charge on any atom is -0.478 e. The van der Waals surface area contributed by atoms with Crippen LogP contribution in [0.4, 0.5) is 5.82 Å². The molecule has 0 aromatic carbocycles. The van der Waals surface area contributed by atoms with Gasteiger partial charge >= 0.3 is 5.97 Å². The molecule has 0 amide bonds. The number of piperidine rings is 1. The van der Waals surface area contributed by atoms with Crippen LogP contribution in [0, 0.1) is 5.92 Å². The highest BCUT2D eigenvalue weighted by Gasteiger charge is 2.28. The van der Waals surface area contributed by atoms with Gasteiger partial charge in [0.2, 0.25) is 0 Å². The van der Waals surface area contributed by atoms with E-state index >= 15 is 0 Å². The van der Waals surface area contributed by atoms with Gasteiger partial charge in [0.25, 0.3) is 0 Å². The largest absolute Gasteiger partial charge is 0.478 e. The number of aromatic nitrogens is 1. The maximum Gasteiger partial charge on any atom is 0.337 e. The van der Waals surface area contributed by atoms with E-state index in [0.29, 0.717) is 18.3 Å². The van der Waals surface area contributed by atoms with Crippen LogP contribution < -0.4 is 4.90 Å². The Kier molecular flexibility index (Phi) is 4.27. The number of anilines is 1. The molecule has 0 aliphatic carbocycles. The van der Waals surface area contributed by atoms with E-state index in [2.05, 4.69) is 11.9 Å². The number of pyridine rings is 1. The van der Waals surface area contributed by atoms with Crippen LogP contribution in [0.15, 0.2) is 12.3 Å². The van der Waals surface area contributed by atoms with Crippen molar-refractivity contribution >= 4 is 23.4 Å². The first-order chi connectivity index (χ1) is 9.04. The molecule has 0 spiro atoms. The molecule has 5 nitrogen and oxygen atoms in total. The van der Waals surface area contributed by atoms with Gasteiger partial charge in [-0.2, -0.15) is 0 Å². The maximum absolute atomic E-state index is 11.1. The zero-order chi connectivity index (χ0) is 14.0. The lowest BCUT2D eigenvalue weighted by Crippen LogP contribution is -2.44. The summed E-state index contributed by atoms with van der Waals surface area (Å²) in [4.78, 5) is 17.3. The Morgan fingerprint density at radius 2 is 2.37 bits per heavy atom. The van der Waals surface area contributed by atoms with Gasteiger partial charge in [-0.25, -0.2) is 9.78 Å². The Labute approximate surface area is 117 Å². The summed E-state index contributed by atoms with van der Waals surface area (Å²) in [7, 11) is 1.69. The average molecular weight is 285 g/mol. The molecule has 6 heteroatoms. The summed E-state index contributed by atoms with van der Waals surface area (Å²) in [6, 6.07) is 1.41. The number of ether oxygens (including phenoxy) is 1. The Morgan fingerprint density at radius 1 is 1.63 bits per heavy atom. The Bertz CT molecular complexity index is 481. The van der Waals surface area contributed by atoms with Crippen molar-refractivity contribution in [1.82, 2.24) is 4.98 Å². The number of aromatic carboxylic acids is 1. The van der Waals surface area contributed by atoms with E-state index in [1.807, 2.05) is 4.90 Å². The van der Waals surface area contributed by atoms with E-state index in [0.717, 1.165) is 13.0 Å². The lowest BCUT2D eigenvalue weighted by atomic mass is 9.96. The highest BCUT2D eigenvalue weighted by Crippen LogP contribution is 2.30. The Balaban J connectivity index is 2.27. The topological polar surface area (TPSA) is 62.7 Å². The molecule has 1 aromatic rings. The van der Waals surface area contributed by atoms with Crippen LogP contribution in [0.3, 0.4) is 0 Å². The van der Waals surface area contributed by atoms with Crippen molar-refractivity contribution in [2.24, 2.45) is 5.92 Å². The van der Waals surface area contributed by atoms with Crippen LogP contribution in [-0.4, -0.2) is 42.4 Å². The first kappa shape index (κ1) is 14.1. The molecular weight excluding hydrogens is 268 g/mol. The minimum absolute atomic E-state index is 0.0826. The molecule has 1 saturated heterocycles. The monoisotopic (exact) mass is 284 g/mol. The van der Waals surface area contributed by atoms with Gasteiger partial charge in [-0.05, 0) is 18.4 Å². The molecule has 19 heavy (non-hydrogen) atoms. The van der Waals surface area contributed by atoms with Gasteiger partial charge in [0.05, 0.1) is 16.7 Å². The number of methoxy groups -OCH3 is 1. The van der Waals surface area contributed by atoms with E-state index in [4.69, 9.17) is 21.4 Å². The molecule has 2 atom stereocenters. The number of rotatable bonds is 3. The Hall–Kier alpha value is -1.33. The summed E-state index contributed by atoms with van der Waals surface area (Å²) >= 11 is 6.14. The average Bonchev–Trinajstić information content (AvgIpc) is 2.39. The van der Waals surface area contributed by atoms with E-state index in [1.54, 1.807) is 7.11 Å². The number of hydrogen-bond donors (Lipinski definition) is 1. The highest BCUT2D eigenvalue weighted by atomic mass is 35.5. The van der Waals surface area contributed by atoms with Gasteiger partial charge in [0, 0.05) is 26.4 Å². The molecule has 1 aromatic heterocycles. The zero-order valence-electron chi connectivity index (χ0n) is 11.0. The third-order valence-corrected chi connectivity index (χ3v) is 3.97. The van der Waals surface area contributed by atoms with Gasteiger partial charge < -0.3 is 14.7 Å². The number of carboxylic acid groups (broad SMARTS) is 1. The molecule has 1 aliphatic rings. The van der Waals surface area contributed by atoms with E-state index < -0.39 is 5.97 Å². The van der Waals surface area contributed by atoms with Crippen LogP contribution in [0.5, 0.6) is 0 Å². The molecule has 1 fully saturated rings. The summed E-state index contributed by atoms with van der Waals surface area (Å²) in [5.74, 6) is -0.0412. The first-order valence-corrected chi connectivity index (χ1v) is 6.58. The van der Waals surface area contributed by atoms with Crippen molar-refractivity contribution < 1.29 is 14.6 Å². The van der Waals surface area contributed by atoms with Crippen LogP contribution >= 0.6 is 11.6 Å². The molecule has 104 valence electrons. The zero-order valence-corrected chi connectivity index (χ0v) is 11.7. The predicted octanol–water partition coefficient (Wildman–Crippen LogP) is 2.29. The van der Waals surface area contributed by atoms with Crippen LogP contribution in [-0.2, 0) is 4.74 Å². The predicted molar refractivity (Wildman–Crippen MR) is 73.0 cm³/mol. The van der Waals surface area contributed by atoms with Gasteiger partial charge in [-0.3, -0.25) is 0 Å². The smallest absolute Gasteiger partial charge is 0.337 e. The quantitative estimate of drug-likeness (QED) is 0.923. The molecular formula is C13H17ClN2O3. The minimum atomic E-state index is -1.04. The molecule has 0 saturated carbocycles. The maximum atomic E-state index is 11.1. The van der Waals surface area contributed by atoms with Gasteiger partial charge in [-0.15, -0.1) is 0 Å². The molecule has 1 aliphatic heterocycles. The van der Waals surface area contributed by atoms with Crippen molar-refractivity contribution in [3.8, 4) is 0 Å². The summed E-state index contributed by atoms with van der Waals surface area (Å²) in [6.07, 6.45) is 2.55. The van der Waals surface area contributed by atoms with Gasteiger partial charge in [0.15, 0.2) is 0 Å². The number of halogens is 1.